The fraction of sp³-hybridized carbons (Fsp3) is 0.190. The van der Waals surface area contributed by atoms with Crippen LogP contribution >= 0.6 is 0 Å². The van der Waals surface area contributed by atoms with Crippen LogP contribution in [0.4, 0.5) is 0 Å². The Morgan fingerprint density at radius 2 is 1.93 bits per heavy atom. The van der Waals surface area contributed by atoms with Gasteiger partial charge in [-0.25, -0.2) is 0 Å². The van der Waals surface area contributed by atoms with Gasteiger partial charge in [-0.15, -0.1) is 0 Å². The highest BCUT2D eigenvalue weighted by molar-refractivity contribution is 5.92. The first-order chi connectivity index (χ1) is 13.1. The van der Waals surface area contributed by atoms with E-state index in [0.29, 0.717) is 17.1 Å². The molecule has 0 aromatic heterocycles. The molecular weight excluding hydrogens is 342 g/mol. The second kappa shape index (κ2) is 9.65. The van der Waals surface area contributed by atoms with E-state index in [1.165, 1.54) is 13.2 Å². The molecule has 6 heteroatoms. The number of carbonyl (C=O) groups is 1. The van der Waals surface area contributed by atoms with Crippen molar-refractivity contribution in [1.82, 2.24) is 5.32 Å². The van der Waals surface area contributed by atoms with Crippen LogP contribution in [0.1, 0.15) is 29.7 Å². The lowest BCUT2D eigenvalue weighted by Gasteiger charge is -2.13. The Bertz CT molecular complexity index is 906. The Balaban J connectivity index is 2.01. The summed E-state index contributed by atoms with van der Waals surface area (Å²) in [5.74, 6) is 0.712. The maximum absolute atomic E-state index is 12.1. The molecule has 0 aliphatic heterocycles. The lowest BCUT2D eigenvalue weighted by Crippen LogP contribution is -2.24. The van der Waals surface area contributed by atoms with E-state index in [1.807, 2.05) is 25.1 Å². The van der Waals surface area contributed by atoms with Gasteiger partial charge in [-0.05, 0) is 48.4 Å². The number of nitrogens with one attached hydrogen (secondary N) is 1. The first-order valence-corrected chi connectivity index (χ1v) is 8.23. The molecule has 2 rings (SSSR count). The molecule has 1 amide bonds. The maximum Gasteiger partial charge on any atom is 0.244 e. The van der Waals surface area contributed by atoms with E-state index in [0.717, 1.165) is 11.1 Å². The van der Waals surface area contributed by atoms with Gasteiger partial charge in [0.1, 0.15) is 6.07 Å². The first-order valence-electron chi connectivity index (χ1n) is 8.23. The zero-order valence-electron chi connectivity index (χ0n) is 15.1. The Kier molecular flexibility index (Phi) is 6.99. The Morgan fingerprint density at radius 1 is 1.19 bits per heavy atom. The van der Waals surface area contributed by atoms with Gasteiger partial charge in [0.25, 0.3) is 0 Å². The molecule has 27 heavy (non-hydrogen) atoms. The van der Waals surface area contributed by atoms with Gasteiger partial charge in [0.05, 0.1) is 24.8 Å². The monoisotopic (exact) mass is 361 g/mol. The number of carbonyl (C=O) groups excluding carboxylic acids is 1. The van der Waals surface area contributed by atoms with Gasteiger partial charge in [-0.1, -0.05) is 18.2 Å². The second-order valence-electron chi connectivity index (χ2n) is 5.65. The highest BCUT2D eigenvalue weighted by Crippen LogP contribution is 2.28. The summed E-state index contributed by atoms with van der Waals surface area (Å²) in [5.41, 5.74) is 2.25. The van der Waals surface area contributed by atoms with Gasteiger partial charge >= 0.3 is 0 Å². The fourth-order valence-corrected chi connectivity index (χ4v) is 2.38. The molecule has 0 spiro atoms. The summed E-state index contributed by atoms with van der Waals surface area (Å²) in [6, 6.07) is 16.0. The molecule has 1 atom stereocenters. The number of rotatable bonds is 7. The van der Waals surface area contributed by atoms with Crippen molar-refractivity contribution in [2.75, 3.05) is 13.7 Å². The van der Waals surface area contributed by atoms with Crippen LogP contribution in [0.25, 0.3) is 6.08 Å². The van der Waals surface area contributed by atoms with Crippen LogP contribution < -0.4 is 14.8 Å². The predicted octanol–water partition coefficient (Wildman–Crippen LogP) is 3.36. The van der Waals surface area contributed by atoms with Crippen LogP contribution in [-0.4, -0.2) is 19.6 Å². The van der Waals surface area contributed by atoms with Crippen molar-refractivity contribution in [3.05, 3.63) is 65.2 Å². The predicted molar refractivity (Wildman–Crippen MR) is 101 cm³/mol. The standard InChI is InChI=1S/C21H19N3O3/c1-15(18-7-3-17(14-23)4-8-18)24-21(25)10-6-16-5-9-19(27-12-11-22)20(13-16)26-2/h3-10,13,15H,12H2,1-2H3,(H,24,25)/b10-6+. The number of hydrogen-bond acceptors (Lipinski definition) is 5. The molecule has 0 radical (unpaired) electrons. The molecule has 2 aromatic carbocycles. The van der Waals surface area contributed by atoms with Crippen molar-refractivity contribution in [3.8, 4) is 23.6 Å². The number of ether oxygens (including phenoxy) is 2. The number of amides is 1. The van der Waals surface area contributed by atoms with Gasteiger partial charge in [-0.3, -0.25) is 4.79 Å². The second-order valence-corrected chi connectivity index (χ2v) is 5.65. The fourth-order valence-electron chi connectivity index (χ4n) is 2.38. The maximum atomic E-state index is 12.1. The molecular formula is C21H19N3O3. The summed E-state index contributed by atoms with van der Waals surface area (Å²) in [7, 11) is 1.51. The third-order valence-electron chi connectivity index (χ3n) is 3.81. The molecule has 0 bridgehead atoms. The van der Waals surface area contributed by atoms with Crippen molar-refractivity contribution in [2.24, 2.45) is 0 Å². The van der Waals surface area contributed by atoms with Crippen molar-refractivity contribution in [1.29, 1.82) is 10.5 Å². The van der Waals surface area contributed by atoms with Crippen LogP contribution in [0.2, 0.25) is 0 Å². The minimum atomic E-state index is -0.240. The van der Waals surface area contributed by atoms with Crippen molar-refractivity contribution < 1.29 is 14.3 Å². The van der Waals surface area contributed by atoms with Gasteiger partial charge < -0.3 is 14.8 Å². The van der Waals surface area contributed by atoms with Crippen LogP contribution in [-0.2, 0) is 4.79 Å². The molecule has 0 heterocycles. The molecule has 0 saturated carbocycles. The number of hydrogen-bond donors (Lipinski definition) is 1. The molecule has 0 fully saturated rings. The summed E-state index contributed by atoms with van der Waals surface area (Å²) in [4.78, 5) is 12.1. The number of nitrogens with zero attached hydrogens (tertiary/aromatic N) is 2. The zero-order valence-corrected chi connectivity index (χ0v) is 15.1. The molecule has 2 aromatic rings. The quantitative estimate of drug-likeness (QED) is 0.763. The summed E-state index contributed by atoms with van der Waals surface area (Å²) < 4.78 is 10.5. The zero-order chi connectivity index (χ0) is 19.6. The first kappa shape index (κ1) is 19.6. The van der Waals surface area contributed by atoms with E-state index < -0.39 is 0 Å². The molecule has 1 N–H and O–H groups in total. The molecule has 0 aliphatic carbocycles. The minimum absolute atomic E-state index is 0.0683. The SMILES string of the molecule is COc1cc(/C=C/C(=O)NC(C)c2ccc(C#N)cc2)ccc1OCC#N. The highest BCUT2D eigenvalue weighted by atomic mass is 16.5. The van der Waals surface area contributed by atoms with E-state index >= 15 is 0 Å². The number of benzene rings is 2. The summed E-state index contributed by atoms with van der Waals surface area (Å²) >= 11 is 0. The largest absolute Gasteiger partial charge is 0.493 e. The smallest absolute Gasteiger partial charge is 0.244 e. The third kappa shape index (κ3) is 5.62. The third-order valence-corrected chi connectivity index (χ3v) is 3.81. The van der Waals surface area contributed by atoms with E-state index in [-0.39, 0.29) is 18.6 Å². The minimum Gasteiger partial charge on any atom is -0.493 e. The average Bonchev–Trinajstić information content (AvgIpc) is 2.70. The van der Waals surface area contributed by atoms with Crippen LogP contribution in [0.3, 0.4) is 0 Å². The molecule has 136 valence electrons. The van der Waals surface area contributed by atoms with E-state index in [1.54, 1.807) is 36.4 Å². The lowest BCUT2D eigenvalue weighted by atomic mass is 10.1. The summed E-state index contributed by atoms with van der Waals surface area (Å²) in [5, 5.41) is 20.3. The molecule has 6 nitrogen and oxygen atoms in total. The van der Waals surface area contributed by atoms with Crippen molar-refractivity contribution >= 4 is 12.0 Å². The number of nitriles is 2. The van der Waals surface area contributed by atoms with E-state index in [2.05, 4.69) is 11.4 Å². The van der Waals surface area contributed by atoms with Gasteiger partial charge in [0.15, 0.2) is 18.1 Å². The number of methoxy groups -OCH3 is 1. The van der Waals surface area contributed by atoms with Crippen molar-refractivity contribution in [3.63, 3.8) is 0 Å². The Morgan fingerprint density at radius 3 is 2.56 bits per heavy atom. The van der Waals surface area contributed by atoms with Gasteiger partial charge in [0, 0.05) is 6.08 Å². The Hall–Kier alpha value is -3.77. The summed E-state index contributed by atoms with van der Waals surface area (Å²) in [6.45, 7) is 1.80. The Labute approximate surface area is 158 Å². The average molecular weight is 361 g/mol. The van der Waals surface area contributed by atoms with Gasteiger partial charge in [-0.2, -0.15) is 10.5 Å². The molecule has 0 saturated heterocycles. The normalized spacial score (nSPS) is 11.3. The lowest BCUT2D eigenvalue weighted by molar-refractivity contribution is -0.117. The van der Waals surface area contributed by atoms with E-state index in [9.17, 15) is 4.79 Å². The van der Waals surface area contributed by atoms with Crippen LogP contribution in [0.5, 0.6) is 11.5 Å². The van der Waals surface area contributed by atoms with E-state index in [4.69, 9.17) is 20.0 Å². The van der Waals surface area contributed by atoms with Gasteiger partial charge in [0.2, 0.25) is 5.91 Å². The molecule has 0 aliphatic rings. The topological polar surface area (TPSA) is 95.1 Å². The molecule has 1 unspecified atom stereocenters. The van der Waals surface area contributed by atoms with Crippen LogP contribution in [0.15, 0.2) is 48.5 Å². The summed E-state index contributed by atoms with van der Waals surface area (Å²) in [6.07, 6.45) is 3.10. The van der Waals surface area contributed by atoms with Crippen LogP contribution in [0, 0.1) is 22.7 Å². The highest BCUT2D eigenvalue weighted by Gasteiger charge is 2.08. The van der Waals surface area contributed by atoms with Crippen molar-refractivity contribution in [2.45, 2.75) is 13.0 Å².